The van der Waals surface area contributed by atoms with E-state index >= 15 is 0 Å². The van der Waals surface area contributed by atoms with Crippen LogP contribution in [0.4, 0.5) is 11.4 Å². The second kappa shape index (κ2) is 29.7. The Morgan fingerprint density at radius 3 is 0.988 bits per heavy atom. The van der Waals surface area contributed by atoms with Crippen LogP contribution in [0.3, 0.4) is 0 Å². The van der Waals surface area contributed by atoms with Gasteiger partial charge in [-0.15, -0.1) is 0 Å². The molecule has 0 spiro atoms. The quantitative estimate of drug-likeness (QED) is 0.0767. The Hall–Kier alpha value is -8.75. The first kappa shape index (κ1) is 63.8. The van der Waals surface area contributed by atoms with Crippen molar-refractivity contribution in [2.45, 2.75) is 78.9 Å². The van der Waals surface area contributed by atoms with Crippen molar-refractivity contribution in [3.05, 3.63) is 211 Å². The number of nitrogens with two attached hydrogens (primary N) is 1. The zero-order chi connectivity index (χ0) is 61.2. The second-order valence-corrected chi connectivity index (χ2v) is 23.3. The van der Waals surface area contributed by atoms with Crippen LogP contribution in [-0.2, 0) is 0 Å². The molecule has 17 nitrogen and oxygen atoms in total. The molecule has 0 amide bonds. The predicted molar refractivity (Wildman–Crippen MR) is 348 cm³/mol. The predicted octanol–water partition coefficient (Wildman–Crippen LogP) is 13.6. The number of halogens is 3. The summed E-state index contributed by atoms with van der Waals surface area (Å²) in [6.07, 6.45) is 27.5. The van der Waals surface area contributed by atoms with Crippen molar-refractivity contribution >= 4 is 102 Å². The van der Waals surface area contributed by atoms with Gasteiger partial charge in [-0.3, -0.25) is 39.9 Å². The third kappa shape index (κ3) is 20.2. The van der Waals surface area contributed by atoms with Gasteiger partial charge in [0.2, 0.25) is 0 Å². The molecule has 0 radical (unpaired) electrons. The number of hydrogen-bond acceptors (Lipinski definition) is 17. The molecule has 0 bridgehead atoms. The number of nitrogens with one attached hydrogen (secondary N) is 2. The number of aromatic nitrogens is 12. The van der Waals surface area contributed by atoms with Crippen molar-refractivity contribution in [1.29, 1.82) is 0 Å². The van der Waals surface area contributed by atoms with Crippen LogP contribution < -0.4 is 21.8 Å². The summed E-state index contributed by atoms with van der Waals surface area (Å²) in [5.41, 5.74) is 17.0. The molecule has 12 rings (SSSR count). The summed E-state index contributed by atoms with van der Waals surface area (Å²) in [6.45, 7) is 18.8. The molecule has 0 atom stereocenters. The summed E-state index contributed by atoms with van der Waals surface area (Å²) in [5, 5.41) is 29.8. The molecular weight excluding hydrogens is 1130 g/mol. The van der Waals surface area contributed by atoms with Crippen LogP contribution in [0.25, 0.3) is 77.4 Å². The lowest BCUT2D eigenvalue weighted by Crippen LogP contribution is -2.29. The Morgan fingerprint density at radius 1 is 0.376 bits per heavy atom. The smallest absolute Gasteiger partial charge is 0.423 e. The average molecular weight is 1190 g/mol. The lowest BCUT2D eigenvalue weighted by molar-refractivity contribution is 0.425. The van der Waals surface area contributed by atoms with Gasteiger partial charge in [0.15, 0.2) is 0 Å². The van der Waals surface area contributed by atoms with E-state index < -0.39 is 7.12 Å². The van der Waals surface area contributed by atoms with E-state index in [4.69, 9.17) is 60.6 Å². The highest BCUT2D eigenvalue weighted by molar-refractivity contribution is 6.58. The highest BCUT2D eigenvalue weighted by Gasteiger charge is 2.16. The minimum Gasteiger partial charge on any atom is -0.423 e. The molecule has 0 unspecified atom stereocenters. The van der Waals surface area contributed by atoms with Gasteiger partial charge >= 0.3 is 7.12 Å². The van der Waals surface area contributed by atoms with Crippen molar-refractivity contribution in [3.8, 4) is 33.8 Å². The van der Waals surface area contributed by atoms with E-state index in [1.54, 1.807) is 111 Å². The van der Waals surface area contributed by atoms with Crippen LogP contribution in [0.5, 0.6) is 0 Å². The standard InChI is InChI=1S/2C17H18N4.C13H8ClN3.C8H4Cl2N2.C5H6BNO2.C4H11N/c2*1-17(2,3)21-15-10-14(12-4-7-18-8-5-12)20-16-11-19-9-6-13(15)16;14-11-7-12(9-1-4-15-5-2-9)17-13-8-16-6-3-10(11)13;9-6-3-8(10)12-7-4-11-2-1-5(6)7;8-6(9)5-1-3-7-4-2-5;1-4(2,3)5/h2*4-11H,1-3H3,(H,20,21);1-8H;1-4H;1-4,8-9H;5H2,1-3H3. The number of anilines is 2. The zero-order valence-corrected chi connectivity index (χ0v) is 50.8. The SMILES string of the molecule is CC(C)(C)N.CC(C)(C)Nc1cc(-c2ccncc2)nc2cnccc12.CC(C)(C)Nc1cc(-c2ccncc2)nc2cnccc12.Clc1cc(-c2ccncc2)nc2cnccc12.Clc1cc(Cl)c2ccncc2n1.OB(O)c1ccncc1. The highest BCUT2D eigenvalue weighted by Crippen LogP contribution is 2.32. The Labute approximate surface area is 509 Å². The number of nitrogens with zero attached hydrogens (tertiary/aromatic N) is 12. The van der Waals surface area contributed by atoms with E-state index in [2.05, 4.69) is 114 Å². The van der Waals surface area contributed by atoms with Crippen molar-refractivity contribution in [1.82, 2.24) is 59.8 Å². The highest BCUT2D eigenvalue weighted by atomic mass is 35.5. The molecule has 12 aromatic rings. The fraction of sp³-hybridized carbons (Fsp3) is 0.188. The zero-order valence-electron chi connectivity index (χ0n) is 48.5. The largest absolute Gasteiger partial charge is 0.488 e. The van der Waals surface area contributed by atoms with Crippen molar-refractivity contribution < 1.29 is 10.0 Å². The molecular formula is C64H65BCl3N15O2. The molecule has 21 heteroatoms. The Morgan fingerprint density at radius 2 is 0.659 bits per heavy atom. The van der Waals surface area contributed by atoms with E-state index in [-0.39, 0.29) is 16.6 Å². The fourth-order valence-electron chi connectivity index (χ4n) is 7.76. The van der Waals surface area contributed by atoms with Gasteiger partial charge < -0.3 is 26.4 Å². The maximum Gasteiger partial charge on any atom is 0.488 e. The summed E-state index contributed by atoms with van der Waals surface area (Å²) in [5.74, 6) is 0. The van der Waals surface area contributed by atoms with E-state index in [1.165, 1.54) is 12.4 Å². The topological polar surface area (TPSA) is 245 Å². The summed E-state index contributed by atoms with van der Waals surface area (Å²) < 4.78 is 0. The molecule has 0 aliphatic heterocycles. The molecule has 0 aliphatic rings. The van der Waals surface area contributed by atoms with Gasteiger partial charge in [-0.05, 0) is 165 Å². The van der Waals surface area contributed by atoms with Gasteiger partial charge in [0.05, 0.1) is 74.0 Å². The molecule has 85 heavy (non-hydrogen) atoms. The molecule has 0 aliphatic carbocycles. The second-order valence-electron chi connectivity index (χ2n) is 22.1. The molecule has 6 N–H and O–H groups in total. The molecule has 0 fully saturated rings. The fourth-order valence-corrected chi connectivity index (χ4v) is 8.55. The van der Waals surface area contributed by atoms with E-state index in [1.807, 2.05) is 81.4 Å². The van der Waals surface area contributed by atoms with E-state index in [0.717, 1.165) is 88.8 Å². The third-order valence-electron chi connectivity index (χ3n) is 11.3. The van der Waals surface area contributed by atoms with E-state index in [0.29, 0.717) is 20.7 Å². The Bertz CT molecular complexity index is 3930. The molecule has 12 aromatic heterocycles. The van der Waals surface area contributed by atoms with Gasteiger partial charge in [0.25, 0.3) is 0 Å². The Kier molecular flexibility index (Phi) is 22.3. The lowest BCUT2D eigenvalue weighted by atomic mass is 9.81. The lowest BCUT2D eigenvalue weighted by Gasteiger charge is -2.23. The average Bonchev–Trinajstić information content (AvgIpc) is 3.69. The van der Waals surface area contributed by atoms with Crippen molar-refractivity contribution in [2.75, 3.05) is 10.6 Å². The Balaban J connectivity index is 0.000000153. The molecule has 432 valence electrons. The van der Waals surface area contributed by atoms with Crippen molar-refractivity contribution in [3.63, 3.8) is 0 Å². The van der Waals surface area contributed by atoms with Crippen LogP contribution in [0.1, 0.15) is 62.3 Å². The van der Waals surface area contributed by atoms with Crippen molar-refractivity contribution in [2.24, 2.45) is 5.73 Å². The molecule has 0 aromatic carbocycles. The third-order valence-corrected chi connectivity index (χ3v) is 12.1. The minimum atomic E-state index is -1.38. The first-order valence-corrected chi connectivity index (χ1v) is 27.9. The first-order valence-electron chi connectivity index (χ1n) is 26.8. The van der Waals surface area contributed by atoms with Crippen LogP contribution in [0.15, 0.2) is 196 Å². The first-order chi connectivity index (χ1) is 40.5. The summed E-state index contributed by atoms with van der Waals surface area (Å²) >= 11 is 17.8. The normalized spacial score (nSPS) is 11.0. The van der Waals surface area contributed by atoms with Gasteiger partial charge in [0.1, 0.15) is 5.15 Å². The molecule has 0 saturated carbocycles. The number of pyridine rings is 12. The summed E-state index contributed by atoms with van der Waals surface area (Å²) in [6, 6.07) is 30.1. The van der Waals surface area contributed by atoms with Crippen LogP contribution in [0.2, 0.25) is 15.2 Å². The van der Waals surface area contributed by atoms with Crippen LogP contribution in [-0.4, -0.2) is 93.6 Å². The number of fused-ring (bicyclic) bond motifs is 4. The van der Waals surface area contributed by atoms with Gasteiger partial charge in [0, 0.05) is 141 Å². The van der Waals surface area contributed by atoms with Gasteiger partial charge in [-0.25, -0.2) is 19.9 Å². The summed E-state index contributed by atoms with van der Waals surface area (Å²) in [4.78, 5) is 50.1. The van der Waals surface area contributed by atoms with Gasteiger partial charge in [-0.1, -0.05) is 34.8 Å². The molecule has 0 saturated heterocycles. The van der Waals surface area contributed by atoms with Crippen LogP contribution >= 0.6 is 34.8 Å². The summed E-state index contributed by atoms with van der Waals surface area (Å²) in [7, 11) is -1.38. The number of rotatable bonds is 6. The maximum atomic E-state index is 8.55. The molecule has 12 heterocycles. The monoisotopic (exact) mass is 1190 g/mol. The minimum absolute atomic E-state index is 0. The maximum absolute atomic E-state index is 8.55. The van der Waals surface area contributed by atoms with Crippen LogP contribution in [0, 0.1) is 0 Å². The number of hydrogen-bond donors (Lipinski definition) is 5. The van der Waals surface area contributed by atoms with E-state index in [9.17, 15) is 0 Å². The van der Waals surface area contributed by atoms with Gasteiger partial charge in [-0.2, -0.15) is 0 Å².